The molecule has 0 fully saturated rings. The van der Waals surface area contributed by atoms with E-state index in [0.29, 0.717) is 5.56 Å². The van der Waals surface area contributed by atoms with Gasteiger partial charge in [-0.05, 0) is 23.8 Å². The zero-order valence-corrected chi connectivity index (χ0v) is 16.3. The maximum absolute atomic E-state index is 13.9. The van der Waals surface area contributed by atoms with Crippen LogP contribution < -0.4 is 11.5 Å². The van der Waals surface area contributed by atoms with Crippen LogP contribution in [-0.4, -0.2) is 31.6 Å². The first-order valence-corrected chi connectivity index (χ1v) is 9.23. The van der Waals surface area contributed by atoms with Crippen molar-refractivity contribution in [3.05, 3.63) is 77.5 Å². The zero-order valence-electron chi connectivity index (χ0n) is 16.3. The Morgan fingerprint density at radius 3 is 2.31 bits per heavy atom. The average Bonchev–Trinajstić information content (AvgIpc) is 3.16. The molecule has 0 aliphatic rings. The number of nitrogens with two attached hydrogens (primary N) is 2. The molecule has 2 amide bonds. The number of amides is 2. The van der Waals surface area contributed by atoms with E-state index in [1.165, 1.54) is 24.5 Å². The van der Waals surface area contributed by atoms with Gasteiger partial charge in [-0.1, -0.05) is 18.2 Å². The number of aromatic nitrogens is 4. The fourth-order valence-electron chi connectivity index (χ4n) is 3.48. The van der Waals surface area contributed by atoms with Gasteiger partial charge in [0.15, 0.2) is 5.69 Å². The minimum absolute atomic E-state index is 0.00950. The molecule has 11 heteroatoms. The van der Waals surface area contributed by atoms with Crippen molar-refractivity contribution < 1.29 is 22.8 Å². The Morgan fingerprint density at radius 1 is 1.00 bits per heavy atom. The van der Waals surface area contributed by atoms with Crippen LogP contribution in [0.25, 0.3) is 22.0 Å². The van der Waals surface area contributed by atoms with Crippen LogP contribution in [0.15, 0.2) is 55.0 Å². The second-order valence-electron chi connectivity index (χ2n) is 6.90. The number of benzene rings is 1. The molecule has 162 valence electrons. The number of hydrogen-bond acceptors (Lipinski definition) is 5. The first-order valence-electron chi connectivity index (χ1n) is 9.23. The molecule has 3 heterocycles. The second-order valence-corrected chi connectivity index (χ2v) is 6.90. The van der Waals surface area contributed by atoms with Gasteiger partial charge in [-0.2, -0.15) is 18.3 Å². The molecule has 8 nitrogen and oxygen atoms in total. The quantitative estimate of drug-likeness (QED) is 0.493. The summed E-state index contributed by atoms with van der Waals surface area (Å²) >= 11 is 0. The third-order valence-corrected chi connectivity index (χ3v) is 4.77. The van der Waals surface area contributed by atoms with Gasteiger partial charge < -0.3 is 11.5 Å². The van der Waals surface area contributed by atoms with Crippen molar-refractivity contribution >= 4 is 22.7 Å². The predicted molar refractivity (Wildman–Crippen MR) is 108 cm³/mol. The summed E-state index contributed by atoms with van der Waals surface area (Å²) in [4.78, 5) is 32.5. The number of carbonyl (C=O) groups excluding carboxylic acids is 2. The molecule has 0 atom stereocenters. The SMILES string of the molecule is NC(=O)c1nc2ccccc2c(C(N)=O)c1-c1cn(Cc2ccncc2)nc1C(F)(F)F. The van der Waals surface area contributed by atoms with Crippen LogP contribution in [0, 0.1) is 0 Å². The van der Waals surface area contributed by atoms with Crippen molar-refractivity contribution in [1.29, 1.82) is 0 Å². The Hall–Kier alpha value is -4.28. The first-order chi connectivity index (χ1) is 15.2. The van der Waals surface area contributed by atoms with E-state index in [2.05, 4.69) is 15.1 Å². The molecule has 4 N–H and O–H groups in total. The van der Waals surface area contributed by atoms with Crippen LogP contribution in [0.2, 0.25) is 0 Å². The first kappa shape index (κ1) is 21.0. The van der Waals surface area contributed by atoms with Gasteiger partial charge in [0, 0.05) is 35.1 Å². The Kier molecular flexibility index (Phi) is 5.09. The summed E-state index contributed by atoms with van der Waals surface area (Å²) in [6.45, 7) is -0.00950. The molecule has 0 aliphatic heterocycles. The van der Waals surface area contributed by atoms with Gasteiger partial charge in [-0.25, -0.2) is 4.98 Å². The number of carbonyl (C=O) groups is 2. The standard InChI is InChI=1S/C21H15F3N6O2/c22-21(23,24)18-13(10-30(29-18)9-11-5-7-27-8-6-11)15-16(19(25)31)12-3-1-2-4-14(12)28-17(15)20(26)32/h1-8,10H,9H2,(H2,25,31)(H2,26,32). The molecule has 1 aromatic carbocycles. The predicted octanol–water partition coefficient (Wildman–Crippen LogP) is 2.76. The fourth-order valence-corrected chi connectivity index (χ4v) is 3.48. The topological polar surface area (TPSA) is 130 Å². The normalized spacial score (nSPS) is 11.6. The van der Waals surface area contributed by atoms with Crippen molar-refractivity contribution in [2.45, 2.75) is 12.7 Å². The number of nitrogens with zero attached hydrogens (tertiary/aromatic N) is 4. The summed E-state index contributed by atoms with van der Waals surface area (Å²) in [7, 11) is 0. The summed E-state index contributed by atoms with van der Waals surface area (Å²) in [6, 6.07) is 9.38. The number of pyridine rings is 2. The van der Waals surface area contributed by atoms with Gasteiger partial charge in [0.2, 0.25) is 5.91 Å². The van der Waals surface area contributed by atoms with E-state index in [-0.39, 0.29) is 23.0 Å². The Balaban J connectivity index is 2.05. The molecule has 4 rings (SSSR count). The van der Waals surface area contributed by atoms with Crippen LogP contribution in [0.1, 0.15) is 32.1 Å². The van der Waals surface area contributed by atoms with Crippen molar-refractivity contribution in [2.24, 2.45) is 11.5 Å². The highest BCUT2D eigenvalue weighted by Gasteiger charge is 2.40. The van der Waals surface area contributed by atoms with E-state index in [0.717, 1.165) is 10.9 Å². The number of fused-ring (bicyclic) bond motifs is 1. The third-order valence-electron chi connectivity index (χ3n) is 4.77. The third kappa shape index (κ3) is 3.75. The molecular weight excluding hydrogens is 425 g/mol. The highest BCUT2D eigenvalue weighted by atomic mass is 19.4. The molecule has 4 aromatic rings. The van der Waals surface area contributed by atoms with E-state index in [1.54, 1.807) is 24.3 Å². The maximum atomic E-state index is 13.9. The molecule has 0 saturated heterocycles. The van der Waals surface area contributed by atoms with Crippen molar-refractivity contribution in [1.82, 2.24) is 19.7 Å². The smallest absolute Gasteiger partial charge is 0.366 e. The monoisotopic (exact) mass is 440 g/mol. The molecule has 32 heavy (non-hydrogen) atoms. The van der Waals surface area contributed by atoms with E-state index >= 15 is 0 Å². The number of para-hydroxylation sites is 1. The minimum atomic E-state index is -4.89. The van der Waals surface area contributed by atoms with Gasteiger partial charge in [-0.3, -0.25) is 19.3 Å². The fraction of sp³-hybridized carbons (Fsp3) is 0.0952. The summed E-state index contributed by atoms with van der Waals surface area (Å²) in [5.74, 6) is -2.14. The van der Waals surface area contributed by atoms with Gasteiger partial charge in [0.25, 0.3) is 5.91 Å². The largest absolute Gasteiger partial charge is 0.435 e. The van der Waals surface area contributed by atoms with E-state index < -0.39 is 40.5 Å². The van der Waals surface area contributed by atoms with Crippen LogP contribution in [-0.2, 0) is 12.7 Å². The lowest BCUT2D eigenvalue weighted by molar-refractivity contribution is -0.141. The lowest BCUT2D eigenvalue weighted by Gasteiger charge is -2.14. The van der Waals surface area contributed by atoms with Crippen LogP contribution in [0.3, 0.4) is 0 Å². The van der Waals surface area contributed by atoms with Gasteiger partial charge in [-0.15, -0.1) is 0 Å². The Morgan fingerprint density at radius 2 is 1.69 bits per heavy atom. The van der Waals surface area contributed by atoms with Crippen LogP contribution in [0.4, 0.5) is 13.2 Å². The number of hydrogen-bond donors (Lipinski definition) is 2. The number of alkyl halides is 3. The Labute approximate surface area is 178 Å². The molecule has 3 aromatic heterocycles. The number of halogens is 3. The van der Waals surface area contributed by atoms with E-state index in [4.69, 9.17) is 11.5 Å². The van der Waals surface area contributed by atoms with Gasteiger partial charge in [0.1, 0.15) is 5.69 Å². The van der Waals surface area contributed by atoms with Crippen molar-refractivity contribution in [2.75, 3.05) is 0 Å². The lowest BCUT2D eigenvalue weighted by Crippen LogP contribution is -2.21. The summed E-state index contributed by atoms with van der Waals surface area (Å²) in [6.07, 6.45) is -0.815. The zero-order chi connectivity index (χ0) is 23.0. The minimum Gasteiger partial charge on any atom is -0.366 e. The average molecular weight is 440 g/mol. The van der Waals surface area contributed by atoms with Gasteiger partial charge >= 0.3 is 6.18 Å². The molecule has 0 bridgehead atoms. The van der Waals surface area contributed by atoms with Crippen molar-refractivity contribution in [3.8, 4) is 11.1 Å². The second kappa shape index (κ2) is 7.76. The molecule has 0 aliphatic carbocycles. The molecule has 0 saturated carbocycles. The summed E-state index contributed by atoms with van der Waals surface area (Å²) in [5, 5.41) is 3.86. The van der Waals surface area contributed by atoms with Gasteiger partial charge in [0.05, 0.1) is 17.6 Å². The molecule has 0 spiro atoms. The molecule has 0 unspecified atom stereocenters. The highest BCUT2D eigenvalue weighted by molar-refractivity contribution is 6.15. The molecule has 0 radical (unpaired) electrons. The number of primary amides is 2. The van der Waals surface area contributed by atoms with Crippen LogP contribution >= 0.6 is 0 Å². The lowest BCUT2D eigenvalue weighted by atomic mass is 9.93. The number of rotatable bonds is 5. The summed E-state index contributed by atoms with van der Waals surface area (Å²) in [5.41, 5.74) is 8.78. The highest BCUT2D eigenvalue weighted by Crippen LogP contribution is 2.40. The maximum Gasteiger partial charge on any atom is 0.435 e. The van der Waals surface area contributed by atoms with Crippen molar-refractivity contribution in [3.63, 3.8) is 0 Å². The Bertz CT molecular complexity index is 1350. The van der Waals surface area contributed by atoms with E-state index in [1.807, 2.05) is 0 Å². The summed E-state index contributed by atoms with van der Waals surface area (Å²) < 4.78 is 42.8. The van der Waals surface area contributed by atoms with Crippen LogP contribution in [0.5, 0.6) is 0 Å². The molecular formula is C21H15F3N6O2. The van der Waals surface area contributed by atoms with E-state index in [9.17, 15) is 22.8 Å².